The summed E-state index contributed by atoms with van der Waals surface area (Å²) in [5.41, 5.74) is 5.89. The van der Waals surface area contributed by atoms with Crippen molar-refractivity contribution in [3.63, 3.8) is 0 Å². The summed E-state index contributed by atoms with van der Waals surface area (Å²) in [5, 5.41) is 0. The standard InChI is InChI=1S/C9H14BrNO/c1-6(2)5-7(11)8-3-4-9(10)12-8/h3-4,6-7H,5,11H2,1-2H3/t7-/m0/s1. The highest BCUT2D eigenvalue weighted by Crippen LogP contribution is 2.23. The van der Waals surface area contributed by atoms with Gasteiger partial charge in [0.05, 0.1) is 6.04 Å². The molecule has 0 aromatic carbocycles. The molecule has 2 nitrogen and oxygen atoms in total. The van der Waals surface area contributed by atoms with Crippen molar-refractivity contribution in [2.75, 3.05) is 0 Å². The molecule has 0 aliphatic rings. The van der Waals surface area contributed by atoms with Gasteiger partial charge in [-0.15, -0.1) is 0 Å². The third-order valence-electron chi connectivity index (χ3n) is 1.68. The fraction of sp³-hybridized carbons (Fsp3) is 0.556. The molecule has 3 heteroatoms. The van der Waals surface area contributed by atoms with Crippen LogP contribution in [0, 0.1) is 5.92 Å². The van der Waals surface area contributed by atoms with Gasteiger partial charge in [0.2, 0.25) is 0 Å². The minimum Gasteiger partial charge on any atom is -0.453 e. The molecule has 1 heterocycles. The average molecular weight is 232 g/mol. The normalized spacial score (nSPS) is 13.8. The van der Waals surface area contributed by atoms with Crippen molar-refractivity contribution in [2.45, 2.75) is 26.3 Å². The number of hydrogen-bond donors (Lipinski definition) is 1. The monoisotopic (exact) mass is 231 g/mol. The molecule has 0 spiro atoms. The van der Waals surface area contributed by atoms with Gasteiger partial charge in [-0.2, -0.15) is 0 Å². The van der Waals surface area contributed by atoms with E-state index in [0.29, 0.717) is 5.92 Å². The molecule has 0 radical (unpaired) electrons. The first kappa shape index (κ1) is 9.81. The summed E-state index contributed by atoms with van der Waals surface area (Å²) in [5.74, 6) is 1.46. The molecule has 68 valence electrons. The van der Waals surface area contributed by atoms with Crippen LogP contribution in [0.4, 0.5) is 0 Å². The molecule has 0 aliphatic heterocycles. The van der Waals surface area contributed by atoms with E-state index >= 15 is 0 Å². The fourth-order valence-corrected chi connectivity index (χ4v) is 1.47. The second kappa shape index (κ2) is 4.10. The van der Waals surface area contributed by atoms with Gasteiger partial charge >= 0.3 is 0 Å². The molecule has 2 N–H and O–H groups in total. The number of furan rings is 1. The zero-order valence-electron chi connectivity index (χ0n) is 7.38. The van der Waals surface area contributed by atoms with Crippen LogP contribution in [0.3, 0.4) is 0 Å². The lowest BCUT2D eigenvalue weighted by atomic mass is 10.0. The van der Waals surface area contributed by atoms with E-state index in [-0.39, 0.29) is 6.04 Å². The van der Waals surface area contributed by atoms with Crippen LogP contribution in [-0.4, -0.2) is 0 Å². The molecular formula is C9H14BrNO. The molecule has 1 aromatic heterocycles. The van der Waals surface area contributed by atoms with Crippen LogP contribution in [-0.2, 0) is 0 Å². The number of nitrogens with two attached hydrogens (primary N) is 1. The molecule has 0 bridgehead atoms. The second-order valence-corrected chi connectivity index (χ2v) is 4.16. The van der Waals surface area contributed by atoms with E-state index in [2.05, 4.69) is 29.8 Å². The van der Waals surface area contributed by atoms with E-state index in [1.807, 2.05) is 12.1 Å². The average Bonchev–Trinajstić information content (AvgIpc) is 2.34. The quantitative estimate of drug-likeness (QED) is 0.869. The van der Waals surface area contributed by atoms with Crippen molar-refractivity contribution in [1.29, 1.82) is 0 Å². The summed E-state index contributed by atoms with van der Waals surface area (Å²) in [4.78, 5) is 0. The first-order chi connectivity index (χ1) is 5.59. The maximum atomic E-state index is 5.89. The number of halogens is 1. The highest BCUT2D eigenvalue weighted by Gasteiger charge is 2.11. The van der Waals surface area contributed by atoms with Crippen molar-refractivity contribution < 1.29 is 4.42 Å². The lowest BCUT2D eigenvalue weighted by Crippen LogP contribution is -2.11. The molecule has 0 fully saturated rings. The van der Waals surface area contributed by atoms with E-state index in [4.69, 9.17) is 10.2 Å². The lowest BCUT2D eigenvalue weighted by molar-refractivity contribution is 0.406. The predicted molar refractivity (Wildman–Crippen MR) is 52.8 cm³/mol. The SMILES string of the molecule is CC(C)C[C@H](N)c1ccc(Br)o1. The summed E-state index contributed by atoms with van der Waals surface area (Å²) in [6.45, 7) is 4.30. The van der Waals surface area contributed by atoms with Gasteiger partial charge in [-0.05, 0) is 40.4 Å². The Balaban J connectivity index is 2.58. The second-order valence-electron chi connectivity index (χ2n) is 3.38. The highest BCUT2D eigenvalue weighted by molar-refractivity contribution is 9.10. The largest absolute Gasteiger partial charge is 0.453 e. The highest BCUT2D eigenvalue weighted by atomic mass is 79.9. The van der Waals surface area contributed by atoms with Crippen LogP contribution in [0.2, 0.25) is 0 Å². The molecule has 1 rings (SSSR count). The van der Waals surface area contributed by atoms with Crippen LogP contribution in [0.5, 0.6) is 0 Å². The van der Waals surface area contributed by atoms with E-state index in [0.717, 1.165) is 16.9 Å². The van der Waals surface area contributed by atoms with Gasteiger partial charge < -0.3 is 10.2 Å². The molecule has 12 heavy (non-hydrogen) atoms. The molecule has 1 aromatic rings. The van der Waals surface area contributed by atoms with Gasteiger partial charge in [-0.3, -0.25) is 0 Å². The number of hydrogen-bond acceptors (Lipinski definition) is 2. The van der Waals surface area contributed by atoms with Crippen molar-refractivity contribution >= 4 is 15.9 Å². The van der Waals surface area contributed by atoms with E-state index in [9.17, 15) is 0 Å². The molecule has 1 atom stereocenters. The Morgan fingerprint density at radius 2 is 2.17 bits per heavy atom. The first-order valence-corrected chi connectivity index (χ1v) is 4.89. The van der Waals surface area contributed by atoms with Crippen LogP contribution < -0.4 is 5.73 Å². The van der Waals surface area contributed by atoms with Crippen molar-refractivity contribution in [1.82, 2.24) is 0 Å². The van der Waals surface area contributed by atoms with Crippen LogP contribution in [0.1, 0.15) is 32.1 Å². The van der Waals surface area contributed by atoms with Crippen LogP contribution >= 0.6 is 15.9 Å². The molecule has 0 aliphatic carbocycles. The Labute approximate surface area is 81.3 Å². The smallest absolute Gasteiger partial charge is 0.169 e. The lowest BCUT2D eigenvalue weighted by Gasteiger charge is -2.10. The summed E-state index contributed by atoms with van der Waals surface area (Å²) >= 11 is 3.24. The zero-order chi connectivity index (χ0) is 9.14. The summed E-state index contributed by atoms with van der Waals surface area (Å²) in [6, 6.07) is 3.81. The van der Waals surface area contributed by atoms with Crippen molar-refractivity contribution in [2.24, 2.45) is 11.7 Å². The van der Waals surface area contributed by atoms with E-state index < -0.39 is 0 Å². The minimum atomic E-state index is 0.0244. The van der Waals surface area contributed by atoms with Gasteiger partial charge in [0.15, 0.2) is 4.67 Å². The topological polar surface area (TPSA) is 39.2 Å². The zero-order valence-corrected chi connectivity index (χ0v) is 8.97. The Bertz CT molecular complexity index is 244. The maximum Gasteiger partial charge on any atom is 0.169 e. The first-order valence-electron chi connectivity index (χ1n) is 4.10. The summed E-state index contributed by atoms with van der Waals surface area (Å²) < 4.78 is 6.08. The maximum absolute atomic E-state index is 5.89. The predicted octanol–water partition coefficient (Wildman–Crippen LogP) is 3.09. The van der Waals surface area contributed by atoms with Gasteiger partial charge in [-0.1, -0.05) is 13.8 Å². The molecular weight excluding hydrogens is 218 g/mol. The van der Waals surface area contributed by atoms with Gasteiger partial charge in [0, 0.05) is 0 Å². The Kier molecular flexibility index (Phi) is 3.35. The minimum absolute atomic E-state index is 0.0244. The van der Waals surface area contributed by atoms with Crippen molar-refractivity contribution in [3.8, 4) is 0 Å². The summed E-state index contributed by atoms with van der Waals surface area (Å²) in [7, 11) is 0. The molecule has 0 saturated heterocycles. The Morgan fingerprint density at radius 1 is 1.50 bits per heavy atom. The van der Waals surface area contributed by atoms with Gasteiger partial charge in [0.1, 0.15) is 5.76 Å². The molecule has 0 unspecified atom stereocenters. The molecule has 0 amide bonds. The van der Waals surface area contributed by atoms with Crippen LogP contribution in [0.15, 0.2) is 21.2 Å². The number of rotatable bonds is 3. The van der Waals surface area contributed by atoms with E-state index in [1.165, 1.54) is 0 Å². The third kappa shape index (κ3) is 2.64. The van der Waals surface area contributed by atoms with Crippen molar-refractivity contribution in [3.05, 3.63) is 22.6 Å². The molecule has 0 saturated carbocycles. The Hall–Kier alpha value is -0.280. The summed E-state index contributed by atoms with van der Waals surface area (Å²) in [6.07, 6.45) is 0.958. The van der Waals surface area contributed by atoms with Gasteiger partial charge in [0.25, 0.3) is 0 Å². The van der Waals surface area contributed by atoms with Crippen LogP contribution in [0.25, 0.3) is 0 Å². The Morgan fingerprint density at radius 3 is 2.58 bits per heavy atom. The van der Waals surface area contributed by atoms with E-state index in [1.54, 1.807) is 0 Å². The van der Waals surface area contributed by atoms with Gasteiger partial charge in [-0.25, -0.2) is 0 Å². The third-order valence-corrected chi connectivity index (χ3v) is 2.11. The fourth-order valence-electron chi connectivity index (χ4n) is 1.15.